The molecule has 1 aliphatic heterocycles. The van der Waals surface area contributed by atoms with Crippen molar-refractivity contribution in [3.05, 3.63) is 29.3 Å². The van der Waals surface area contributed by atoms with Crippen molar-refractivity contribution in [3.8, 4) is 0 Å². The number of amides is 4. The van der Waals surface area contributed by atoms with Gasteiger partial charge in [0.2, 0.25) is 0 Å². The van der Waals surface area contributed by atoms with E-state index in [0.29, 0.717) is 18.8 Å². The van der Waals surface area contributed by atoms with Crippen molar-refractivity contribution in [1.29, 1.82) is 0 Å². The van der Waals surface area contributed by atoms with Crippen LogP contribution in [-0.4, -0.2) is 44.0 Å². The molecular formula is C15H21N4O3+. The molecule has 1 fully saturated rings. The number of benzene rings is 1. The van der Waals surface area contributed by atoms with Crippen LogP contribution in [0.5, 0.6) is 0 Å². The molecule has 1 aromatic carbocycles. The molecule has 0 spiro atoms. The van der Waals surface area contributed by atoms with Crippen LogP contribution in [0.25, 0.3) is 0 Å². The summed E-state index contributed by atoms with van der Waals surface area (Å²) in [7, 11) is 0. The molecule has 4 amide bonds. The zero-order valence-electron chi connectivity index (χ0n) is 12.8. The van der Waals surface area contributed by atoms with E-state index in [1.165, 1.54) is 0 Å². The van der Waals surface area contributed by atoms with Crippen molar-refractivity contribution in [2.75, 3.05) is 31.5 Å². The van der Waals surface area contributed by atoms with Crippen LogP contribution in [0.3, 0.4) is 0 Å². The van der Waals surface area contributed by atoms with Crippen LogP contribution in [0.2, 0.25) is 0 Å². The number of quaternary nitrogens is 1. The Morgan fingerprint density at radius 1 is 1.32 bits per heavy atom. The maximum absolute atomic E-state index is 11.8. The van der Waals surface area contributed by atoms with Crippen molar-refractivity contribution >= 4 is 23.5 Å². The Bertz CT molecular complexity index is 600. The first-order chi connectivity index (χ1) is 10.4. The Hall–Kier alpha value is -2.41. The van der Waals surface area contributed by atoms with Gasteiger partial charge in [-0.2, -0.15) is 0 Å². The first-order valence-electron chi connectivity index (χ1n) is 7.22. The highest BCUT2D eigenvalue weighted by molar-refractivity contribution is 6.01. The van der Waals surface area contributed by atoms with E-state index in [4.69, 9.17) is 0 Å². The predicted octanol–water partition coefficient (Wildman–Crippen LogP) is -1.03. The largest absolute Gasteiger partial charge is 0.346 e. The van der Waals surface area contributed by atoms with Crippen LogP contribution >= 0.6 is 0 Å². The molecule has 1 aromatic rings. The molecule has 1 aliphatic rings. The Balaban J connectivity index is 1.83. The van der Waals surface area contributed by atoms with E-state index in [-0.39, 0.29) is 19.0 Å². The summed E-state index contributed by atoms with van der Waals surface area (Å²) >= 11 is 0. The monoisotopic (exact) mass is 305 g/mol. The highest BCUT2D eigenvalue weighted by Gasteiger charge is 2.22. The molecule has 2 rings (SSSR count). The predicted molar refractivity (Wildman–Crippen MR) is 81.7 cm³/mol. The lowest BCUT2D eigenvalue weighted by molar-refractivity contribution is -0.885. The lowest BCUT2D eigenvalue weighted by Gasteiger charge is -2.22. The lowest BCUT2D eigenvalue weighted by atomic mass is 10.1. The molecule has 4 N–H and O–H groups in total. The number of urea groups is 1. The van der Waals surface area contributed by atoms with Gasteiger partial charge in [0, 0.05) is 5.69 Å². The average Bonchev–Trinajstić information content (AvgIpc) is 2.41. The summed E-state index contributed by atoms with van der Waals surface area (Å²) in [5, 5.41) is 7.64. The SMILES string of the molecule is Cc1ccc(NC(=O)NC(=O)C[NH+]2CCNC(=O)C2)c(C)c1. The van der Waals surface area contributed by atoms with Crippen LogP contribution in [0, 0.1) is 13.8 Å². The van der Waals surface area contributed by atoms with Gasteiger partial charge >= 0.3 is 6.03 Å². The Morgan fingerprint density at radius 2 is 2.09 bits per heavy atom. The number of imide groups is 1. The first kappa shape index (κ1) is 16.0. The van der Waals surface area contributed by atoms with Crippen molar-refractivity contribution < 1.29 is 19.3 Å². The summed E-state index contributed by atoms with van der Waals surface area (Å²) in [4.78, 5) is 35.8. The molecule has 0 saturated carbocycles. The third kappa shape index (κ3) is 4.56. The summed E-state index contributed by atoms with van der Waals surface area (Å²) in [5.41, 5.74) is 2.70. The number of hydrogen-bond donors (Lipinski definition) is 4. The molecule has 1 atom stereocenters. The Kier molecular flexibility index (Phi) is 5.11. The quantitative estimate of drug-likeness (QED) is 0.575. The fraction of sp³-hybridized carbons (Fsp3) is 0.400. The van der Waals surface area contributed by atoms with Gasteiger partial charge in [-0.1, -0.05) is 17.7 Å². The summed E-state index contributed by atoms with van der Waals surface area (Å²) < 4.78 is 0. The molecule has 0 radical (unpaired) electrons. The average molecular weight is 305 g/mol. The molecule has 0 bridgehead atoms. The number of carbonyl (C=O) groups is 3. The highest BCUT2D eigenvalue weighted by Crippen LogP contribution is 2.15. The normalized spacial score (nSPS) is 17.5. The minimum atomic E-state index is -0.558. The van der Waals surface area contributed by atoms with Gasteiger partial charge in [0.05, 0.1) is 13.1 Å². The number of aryl methyl sites for hydroxylation is 2. The summed E-state index contributed by atoms with van der Waals surface area (Å²) in [6.07, 6.45) is 0. The summed E-state index contributed by atoms with van der Waals surface area (Å²) in [5.74, 6) is -0.472. The van der Waals surface area contributed by atoms with Gasteiger partial charge in [0.15, 0.2) is 13.1 Å². The van der Waals surface area contributed by atoms with Crippen molar-refractivity contribution in [2.45, 2.75) is 13.8 Å². The zero-order chi connectivity index (χ0) is 16.1. The third-order valence-electron chi connectivity index (χ3n) is 3.50. The van der Waals surface area contributed by atoms with Crippen LogP contribution in [0.15, 0.2) is 18.2 Å². The minimum Gasteiger partial charge on any atom is -0.346 e. The van der Waals surface area contributed by atoms with E-state index >= 15 is 0 Å². The van der Waals surface area contributed by atoms with E-state index in [9.17, 15) is 14.4 Å². The summed E-state index contributed by atoms with van der Waals surface area (Å²) in [6.45, 7) is 5.45. The number of carbonyl (C=O) groups excluding carboxylic acids is 3. The van der Waals surface area contributed by atoms with Crippen LogP contribution < -0.4 is 20.9 Å². The molecule has 1 saturated heterocycles. The standard InChI is InChI=1S/C15H20N4O3/c1-10-3-4-12(11(2)7-10)17-15(22)18-14(21)9-19-6-5-16-13(20)8-19/h3-4,7H,5-6,8-9H2,1-2H3,(H,16,20)(H2,17,18,21,22)/p+1. The maximum atomic E-state index is 11.8. The van der Waals surface area contributed by atoms with Crippen LogP contribution in [0.4, 0.5) is 10.5 Å². The van der Waals surface area contributed by atoms with Gasteiger partial charge in [-0.15, -0.1) is 0 Å². The minimum absolute atomic E-state index is 0.0752. The lowest BCUT2D eigenvalue weighted by Crippen LogP contribution is -3.16. The molecule has 0 aliphatic carbocycles. The number of piperazine rings is 1. The number of hydrogen-bond acceptors (Lipinski definition) is 3. The molecule has 7 heteroatoms. The van der Waals surface area contributed by atoms with Gasteiger partial charge in [-0.25, -0.2) is 4.79 Å². The van der Waals surface area contributed by atoms with Gasteiger partial charge in [0.1, 0.15) is 0 Å². The van der Waals surface area contributed by atoms with E-state index in [0.717, 1.165) is 16.0 Å². The van der Waals surface area contributed by atoms with E-state index in [1.54, 1.807) is 6.07 Å². The Labute approximate surface area is 129 Å². The highest BCUT2D eigenvalue weighted by atomic mass is 16.2. The van der Waals surface area contributed by atoms with Gasteiger partial charge in [-0.05, 0) is 25.5 Å². The van der Waals surface area contributed by atoms with E-state index < -0.39 is 11.9 Å². The fourth-order valence-corrected chi connectivity index (χ4v) is 2.41. The van der Waals surface area contributed by atoms with Crippen LogP contribution in [-0.2, 0) is 9.59 Å². The first-order valence-corrected chi connectivity index (χ1v) is 7.22. The van der Waals surface area contributed by atoms with E-state index in [1.807, 2.05) is 26.0 Å². The molecule has 0 aromatic heterocycles. The third-order valence-corrected chi connectivity index (χ3v) is 3.50. The molecule has 22 heavy (non-hydrogen) atoms. The topological polar surface area (TPSA) is 91.7 Å². The summed E-state index contributed by atoms with van der Waals surface area (Å²) in [6, 6.07) is 5.09. The van der Waals surface area contributed by atoms with Gasteiger partial charge in [-0.3, -0.25) is 14.9 Å². The molecule has 7 nitrogen and oxygen atoms in total. The van der Waals surface area contributed by atoms with Gasteiger partial charge in [0.25, 0.3) is 11.8 Å². The number of nitrogens with one attached hydrogen (secondary N) is 4. The molecule has 1 unspecified atom stereocenters. The van der Waals surface area contributed by atoms with E-state index in [2.05, 4.69) is 16.0 Å². The second-order valence-corrected chi connectivity index (χ2v) is 5.52. The van der Waals surface area contributed by atoms with Crippen molar-refractivity contribution in [1.82, 2.24) is 10.6 Å². The van der Waals surface area contributed by atoms with Crippen LogP contribution in [0.1, 0.15) is 11.1 Å². The molecular weight excluding hydrogens is 284 g/mol. The fourth-order valence-electron chi connectivity index (χ4n) is 2.41. The van der Waals surface area contributed by atoms with Gasteiger partial charge < -0.3 is 15.5 Å². The smallest absolute Gasteiger partial charge is 0.326 e. The number of rotatable bonds is 3. The molecule has 1 heterocycles. The molecule has 118 valence electrons. The number of anilines is 1. The van der Waals surface area contributed by atoms with Crippen molar-refractivity contribution in [2.24, 2.45) is 0 Å². The second-order valence-electron chi connectivity index (χ2n) is 5.52. The maximum Gasteiger partial charge on any atom is 0.326 e. The Morgan fingerprint density at radius 3 is 2.77 bits per heavy atom. The zero-order valence-corrected chi connectivity index (χ0v) is 12.8. The second kappa shape index (κ2) is 7.04. The van der Waals surface area contributed by atoms with Crippen molar-refractivity contribution in [3.63, 3.8) is 0 Å².